The fourth-order valence-corrected chi connectivity index (χ4v) is 1.16. The number of rotatable bonds is 4. The van der Waals surface area contributed by atoms with Gasteiger partial charge in [-0.05, 0) is 6.92 Å². The van der Waals surface area contributed by atoms with Gasteiger partial charge in [0.15, 0.2) is 5.78 Å². The van der Waals surface area contributed by atoms with Crippen LogP contribution >= 0.6 is 0 Å². The topological polar surface area (TPSA) is 74.8 Å². The molecule has 76 valence electrons. The zero-order valence-corrected chi connectivity index (χ0v) is 8.20. The highest BCUT2D eigenvalue weighted by atomic mass is 16.2. The Bertz CT molecular complexity index is 319. The van der Waals surface area contributed by atoms with Crippen LogP contribution in [0.3, 0.4) is 0 Å². The number of imidazole rings is 1. The van der Waals surface area contributed by atoms with E-state index >= 15 is 0 Å². The summed E-state index contributed by atoms with van der Waals surface area (Å²) in [5, 5.41) is 2.58. The molecule has 0 saturated carbocycles. The number of H-pyrrole nitrogens is 1. The van der Waals surface area contributed by atoms with Crippen molar-refractivity contribution in [1.82, 2.24) is 15.3 Å². The highest BCUT2D eigenvalue weighted by Crippen LogP contribution is 1.99. The van der Waals surface area contributed by atoms with Gasteiger partial charge in [0.2, 0.25) is 5.91 Å². The van der Waals surface area contributed by atoms with Gasteiger partial charge in [0, 0.05) is 25.2 Å². The van der Waals surface area contributed by atoms with Crippen molar-refractivity contribution in [1.29, 1.82) is 0 Å². The first-order valence-electron chi connectivity index (χ1n) is 4.34. The minimum atomic E-state index is -0.465. The van der Waals surface area contributed by atoms with Crippen LogP contribution in [-0.4, -0.2) is 27.7 Å². The molecule has 0 aliphatic rings. The van der Waals surface area contributed by atoms with E-state index in [-0.39, 0.29) is 11.7 Å². The molecule has 0 aliphatic heterocycles. The van der Waals surface area contributed by atoms with Gasteiger partial charge in [-0.15, -0.1) is 0 Å². The maximum absolute atomic E-state index is 11.2. The Morgan fingerprint density at radius 3 is 2.71 bits per heavy atom. The van der Waals surface area contributed by atoms with Crippen LogP contribution < -0.4 is 5.32 Å². The van der Waals surface area contributed by atoms with Gasteiger partial charge in [0.1, 0.15) is 0 Å². The number of Topliss-reactive ketones (excluding diaryl/α,β-unsaturated/α-hetero) is 1. The van der Waals surface area contributed by atoms with Crippen molar-refractivity contribution in [2.24, 2.45) is 0 Å². The fourth-order valence-electron chi connectivity index (χ4n) is 1.16. The summed E-state index contributed by atoms with van der Waals surface area (Å²) in [6.07, 6.45) is 3.63. The average molecular weight is 195 g/mol. The van der Waals surface area contributed by atoms with Gasteiger partial charge < -0.3 is 10.3 Å². The van der Waals surface area contributed by atoms with Crippen molar-refractivity contribution < 1.29 is 9.59 Å². The number of nitrogens with zero attached hydrogens (tertiary/aromatic N) is 1. The van der Waals surface area contributed by atoms with E-state index in [1.165, 1.54) is 13.8 Å². The van der Waals surface area contributed by atoms with Gasteiger partial charge >= 0.3 is 0 Å². The highest BCUT2D eigenvalue weighted by molar-refractivity contribution is 5.86. The molecule has 0 radical (unpaired) electrons. The molecule has 5 heteroatoms. The number of aromatic amines is 1. The monoisotopic (exact) mass is 195 g/mol. The zero-order chi connectivity index (χ0) is 10.6. The number of hydrogen-bond donors (Lipinski definition) is 2. The minimum absolute atomic E-state index is 0.0604. The molecular formula is C9H13N3O2. The quantitative estimate of drug-likeness (QED) is 0.712. The Kier molecular flexibility index (Phi) is 3.39. The van der Waals surface area contributed by atoms with Crippen molar-refractivity contribution in [2.45, 2.75) is 26.3 Å². The molecule has 14 heavy (non-hydrogen) atoms. The van der Waals surface area contributed by atoms with E-state index in [0.29, 0.717) is 6.42 Å². The van der Waals surface area contributed by atoms with Crippen LogP contribution in [0.4, 0.5) is 0 Å². The van der Waals surface area contributed by atoms with E-state index in [4.69, 9.17) is 0 Å². The number of amides is 1. The number of nitrogens with one attached hydrogen (secondary N) is 2. The molecule has 0 fully saturated rings. The zero-order valence-electron chi connectivity index (χ0n) is 8.20. The second kappa shape index (κ2) is 4.55. The number of hydrogen-bond acceptors (Lipinski definition) is 3. The van der Waals surface area contributed by atoms with Crippen molar-refractivity contribution in [3.05, 3.63) is 18.2 Å². The molecule has 0 saturated heterocycles. The van der Waals surface area contributed by atoms with Crippen molar-refractivity contribution in [2.75, 3.05) is 0 Å². The first-order chi connectivity index (χ1) is 6.59. The Morgan fingerprint density at radius 2 is 2.29 bits per heavy atom. The van der Waals surface area contributed by atoms with Crippen LogP contribution in [0.5, 0.6) is 0 Å². The standard InChI is InChI=1S/C9H13N3O2/c1-6(13)9(12-7(2)14)3-8-4-10-5-11-8/h4-5,9H,3H2,1-2H3,(H,10,11)(H,12,14)/t9-/m1/s1. The van der Waals surface area contributed by atoms with E-state index < -0.39 is 6.04 Å². The van der Waals surface area contributed by atoms with Crippen LogP contribution in [0.2, 0.25) is 0 Å². The Labute approximate surface area is 81.9 Å². The molecule has 0 aliphatic carbocycles. The number of carbonyl (C=O) groups excluding carboxylic acids is 2. The summed E-state index contributed by atoms with van der Waals surface area (Å²) < 4.78 is 0. The third-order valence-electron chi connectivity index (χ3n) is 1.85. The molecular weight excluding hydrogens is 182 g/mol. The van der Waals surface area contributed by atoms with Crippen molar-refractivity contribution in [3.63, 3.8) is 0 Å². The summed E-state index contributed by atoms with van der Waals surface area (Å²) in [7, 11) is 0. The van der Waals surface area contributed by atoms with E-state index in [1.807, 2.05) is 0 Å². The molecule has 1 atom stereocenters. The third-order valence-corrected chi connectivity index (χ3v) is 1.85. The molecule has 2 N–H and O–H groups in total. The van der Waals surface area contributed by atoms with Gasteiger partial charge in [0.05, 0.1) is 12.4 Å². The van der Waals surface area contributed by atoms with Gasteiger partial charge in [-0.25, -0.2) is 4.98 Å². The van der Waals surface area contributed by atoms with Crippen LogP contribution in [0.25, 0.3) is 0 Å². The Morgan fingerprint density at radius 1 is 1.57 bits per heavy atom. The van der Waals surface area contributed by atoms with Crippen LogP contribution in [0.1, 0.15) is 19.5 Å². The first-order valence-corrected chi connectivity index (χ1v) is 4.34. The Balaban J connectivity index is 2.60. The molecule has 1 rings (SSSR count). The fraction of sp³-hybridized carbons (Fsp3) is 0.444. The lowest BCUT2D eigenvalue weighted by molar-refractivity contribution is -0.125. The van der Waals surface area contributed by atoms with Crippen LogP contribution in [-0.2, 0) is 16.0 Å². The molecule has 0 unspecified atom stereocenters. The van der Waals surface area contributed by atoms with E-state index in [9.17, 15) is 9.59 Å². The summed E-state index contributed by atoms with van der Waals surface area (Å²) in [4.78, 5) is 28.7. The first kappa shape index (κ1) is 10.4. The predicted octanol–water partition coefficient (Wildman–Crippen LogP) is 0.0459. The van der Waals surface area contributed by atoms with E-state index in [0.717, 1.165) is 5.69 Å². The molecule has 0 spiro atoms. The maximum Gasteiger partial charge on any atom is 0.217 e. The smallest absolute Gasteiger partial charge is 0.217 e. The summed E-state index contributed by atoms with van der Waals surface area (Å²) in [5.74, 6) is -0.264. The summed E-state index contributed by atoms with van der Waals surface area (Å²) in [6.45, 7) is 2.85. The predicted molar refractivity (Wildman–Crippen MR) is 50.6 cm³/mol. The summed E-state index contributed by atoms with van der Waals surface area (Å²) in [5.41, 5.74) is 0.832. The van der Waals surface area contributed by atoms with Crippen LogP contribution in [0.15, 0.2) is 12.5 Å². The molecule has 0 bridgehead atoms. The molecule has 5 nitrogen and oxygen atoms in total. The molecule has 1 aromatic rings. The summed E-state index contributed by atoms with van der Waals surface area (Å²) >= 11 is 0. The number of aromatic nitrogens is 2. The number of ketones is 1. The molecule has 1 aromatic heterocycles. The van der Waals surface area contributed by atoms with Gasteiger partial charge in [-0.3, -0.25) is 9.59 Å². The van der Waals surface area contributed by atoms with E-state index in [2.05, 4.69) is 15.3 Å². The van der Waals surface area contributed by atoms with E-state index in [1.54, 1.807) is 12.5 Å². The molecule has 1 amide bonds. The lowest BCUT2D eigenvalue weighted by Crippen LogP contribution is -2.40. The van der Waals surface area contributed by atoms with Gasteiger partial charge in [-0.2, -0.15) is 0 Å². The third kappa shape index (κ3) is 3.01. The lowest BCUT2D eigenvalue weighted by atomic mass is 10.1. The second-order valence-electron chi connectivity index (χ2n) is 3.14. The Hall–Kier alpha value is -1.65. The van der Waals surface area contributed by atoms with Crippen molar-refractivity contribution >= 4 is 11.7 Å². The average Bonchev–Trinajstić information content (AvgIpc) is 2.54. The minimum Gasteiger partial charge on any atom is -0.348 e. The van der Waals surface area contributed by atoms with Crippen LogP contribution in [0, 0.1) is 0 Å². The SMILES string of the molecule is CC(=O)N[C@H](Cc1cnc[nH]1)C(C)=O. The molecule has 0 aromatic carbocycles. The maximum atomic E-state index is 11.2. The van der Waals surface area contributed by atoms with Gasteiger partial charge in [0.25, 0.3) is 0 Å². The van der Waals surface area contributed by atoms with Gasteiger partial charge in [-0.1, -0.05) is 0 Å². The second-order valence-corrected chi connectivity index (χ2v) is 3.14. The normalized spacial score (nSPS) is 12.1. The summed E-state index contributed by atoms with van der Waals surface area (Å²) in [6, 6.07) is -0.465. The largest absolute Gasteiger partial charge is 0.348 e. The lowest BCUT2D eigenvalue weighted by Gasteiger charge is -2.13. The molecule has 1 heterocycles. The highest BCUT2D eigenvalue weighted by Gasteiger charge is 2.15. The van der Waals surface area contributed by atoms with Crippen molar-refractivity contribution in [3.8, 4) is 0 Å². The number of carbonyl (C=O) groups is 2.